The Bertz CT molecular complexity index is 1280. The Morgan fingerprint density at radius 3 is 2.02 bits per heavy atom. The third kappa shape index (κ3) is 9.74. The van der Waals surface area contributed by atoms with Gasteiger partial charge in [-0.3, -0.25) is 19.2 Å². The highest BCUT2D eigenvalue weighted by Gasteiger charge is 2.32. The van der Waals surface area contributed by atoms with E-state index in [9.17, 15) is 24.0 Å². The van der Waals surface area contributed by atoms with Crippen molar-refractivity contribution in [3.63, 3.8) is 0 Å². The van der Waals surface area contributed by atoms with Crippen molar-refractivity contribution in [3.8, 4) is 11.1 Å². The van der Waals surface area contributed by atoms with E-state index in [1.165, 1.54) is 18.9 Å². The lowest BCUT2D eigenvalue weighted by Gasteiger charge is -2.24. The molecule has 1 aliphatic carbocycles. The molecular weight excluding hydrogens is 574 g/mol. The van der Waals surface area contributed by atoms with E-state index in [0.29, 0.717) is 5.75 Å². The Labute approximate surface area is 255 Å². The standard InChI is InChI=1S/C31H39N3O8S/c1-31(2,3)42-26(35)16-25(28(37)32-17-27(36)40-4)33-29(38)24(14-15-43-5)34-30(39)41-18-23-21-12-8-6-10-19(21)20-11-7-9-13-22(20)23/h6-13,23-25H,14-18H2,1-5H3,(H,32,37)(H,33,38)(H,34,39)/t24-,25-/m0/s1. The quantitative estimate of drug-likeness (QED) is 0.229. The van der Waals surface area contributed by atoms with Crippen molar-refractivity contribution < 1.29 is 38.2 Å². The molecule has 0 fully saturated rings. The van der Waals surface area contributed by atoms with Crippen molar-refractivity contribution in [1.29, 1.82) is 0 Å². The van der Waals surface area contributed by atoms with E-state index in [0.717, 1.165) is 22.3 Å². The average molecular weight is 614 g/mol. The number of carbonyl (C=O) groups is 5. The van der Waals surface area contributed by atoms with Gasteiger partial charge in [0.05, 0.1) is 13.5 Å². The van der Waals surface area contributed by atoms with Crippen LogP contribution in [0.3, 0.4) is 0 Å². The second-order valence-electron chi connectivity index (χ2n) is 10.9. The maximum absolute atomic E-state index is 13.3. The van der Waals surface area contributed by atoms with Crippen LogP contribution in [0.5, 0.6) is 0 Å². The van der Waals surface area contributed by atoms with Crippen molar-refractivity contribution in [1.82, 2.24) is 16.0 Å². The molecule has 43 heavy (non-hydrogen) atoms. The summed E-state index contributed by atoms with van der Waals surface area (Å²) in [6.45, 7) is 4.63. The molecule has 2 atom stereocenters. The minimum absolute atomic E-state index is 0.0634. The molecule has 0 spiro atoms. The van der Waals surface area contributed by atoms with E-state index < -0.39 is 60.5 Å². The Morgan fingerprint density at radius 2 is 1.47 bits per heavy atom. The van der Waals surface area contributed by atoms with Gasteiger partial charge in [0.15, 0.2) is 0 Å². The normalized spacial score (nSPS) is 13.5. The van der Waals surface area contributed by atoms with Crippen molar-refractivity contribution in [2.45, 2.75) is 57.2 Å². The smallest absolute Gasteiger partial charge is 0.407 e. The highest BCUT2D eigenvalue weighted by atomic mass is 32.2. The lowest BCUT2D eigenvalue weighted by Crippen LogP contribution is -2.55. The van der Waals surface area contributed by atoms with E-state index in [1.54, 1.807) is 20.8 Å². The number of alkyl carbamates (subject to hydrolysis) is 1. The summed E-state index contributed by atoms with van der Waals surface area (Å²) in [4.78, 5) is 63.2. The predicted octanol–water partition coefficient (Wildman–Crippen LogP) is 3.15. The van der Waals surface area contributed by atoms with Gasteiger partial charge < -0.3 is 30.2 Å². The summed E-state index contributed by atoms with van der Waals surface area (Å²) in [5.74, 6) is -2.54. The number of esters is 2. The molecule has 0 unspecified atom stereocenters. The molecule has 232 valence electrons. The molecule has 0 aliphatic heterocycles. The molecule has 1 aliphatic rings. The summed E-state index contributed by atoms with van der Waals surface area (Å²) < 4.78 is 15.5. The molecule has 3 rings (SSSR count). The summed E-state index contributed by atoms with van der Waals surface area (Å²) >= 11 is 1.47. The zero-order valence-electron chi connectivity index (χ0n) is 25.1. The number of methoxy groups -OCH3 is 1. The van der Waals surface area contributed by atoms with Crippen LogP contribution in [0.2, 0.25) is 0 Å². The molecule has 12 heteroatoms. The van der Waals surface area contributed by atoms with Gasteiger partial charge in [0.1, 0.15) is 30.8 Å². The highest BCUT2D eigenvalue weighted by molar-refractivity contribution is 7.98. The first-order valence-corrected chi connectivity index (χ1v) is 15.3. The summed E-state index contributed by atoms with van der Waals surface area (Å²) in [7, 11) is 1.17. The Morgan fingerprint density at radius 1 is 0.860 bits per heavy atom. The second-order valence-corrected chi connectivity index (χ2v) is 11.9. The van der Waals surface area contributed by atoms with Crippen LogP contribution in [-0.2, 0) is 33.4 Å². The van der Waals surface area contributed by atoms with Crippen LogP contribution in [0.15, 0.2) is 48.5 Å². The fraction of sp³-hybridized carbons (Fsp3) is 0.452. The zero-order valence-corrected chi connectivity index (χ0v) is 25.9. The number of hydrogen-bond acceptors (Lipinski definition) is 9. The number of fused-ring (bicyclic) bond motifs is 3. The number of benzene rings is 2. The molecular formula is C31H39N3O8S. The highest BCUT2D eigenvalue weighted by Crippen LogP contribution is 2.44. The fourth-order valence-electron chi connectivity index (χ4n) is 4.67. The van der Waals surface area contributed by atoms with Gasteiger partial charge in [-0.05, 0) is 61.5 Å². The van der Waals surface area contributed by atoms with Crippen LogP contribution in [0.25, 0.3) is 11.1 Å². The molecule has 2 aromatic carbocycles. The molecule has 0 saturated carbocycles. The van der Waals surface area contributed by atoms with Crippen molar-refractivity contribution in [2.24, 2.45) is 0 Å². The zero-order chi connectivity index (χ0) is 31.6. The lowest BCUT2D eigenvalue weighted by atomic mass is 9.98. The SMILES string of the molecule is COC(=O)CNC(=O)[C@H](CC(=O)OC(C)(C)C)NC(=O)[C@H](CCSC)NC(=O)OCC1c2ccccc2-c2ccccc21. The summed E-state index contributed by atoms with van der Waals surface area (Å²) in [5.41, 5.74) is 3.46. The molecule has 11 nitrogen and oxygen atoms in total. The minimum atomic E-state index is -1.37. The largest absolute Gasteiger partial charge is 0.468 e. The first kappa shape index (κ1) is 33.4. The number of ether oxygens (including phenoxy) is 3. The third-order valence-electron chi connectivity index (χ3n) is 6.62. The van der Waals surface area contributed by atoms with E-state index in [4.69, 9.17) is 9.47 Å². The van der Waals surface area contributed by atoms with Gasteiger partial charge in [-0.2, -0.15) is 11.8 Å². The Balaban J connectivity index is 1.69. The predicted molar refractivity (Wildman–Crippen MR) is 162 cm³/mol. The summed E-state index contributed by atoms with van der Waals surface area (Å²) in [5, 5.41) is 7.49. The van der Waals surface area contributed by atoms with Gasteiger partial charge in [0.25, 0.3) is 0 Å². The lowest BCUT2D eigenvalue weighted by molar-refractivity contribution is -0.156. The van der Waals surface area contributed by atoms with Gasteiger partial charge in [-0.25, -0.2) is 4.79 Å². The van der Waals surface area contributed by atoms with E-state index >= 15 is 0 Å². The summed E-state index contributed by atoms with van der Waals surface area (Å²) in [6.07, 6.45) is 0.812. The third-order valence-corrected chi connectivity index (χ3v) is 7.27. The van der Waals surface area contributed by atoms with Crippen molar-refractivity contribution in [2.75, 3.05) is 32.3 Å². The molecule has 3 N–H and O–H groups in total. The van der Waals surface area contributed by atoms with Gasteiger partial charge in [-0.15, -0.1) is 0 Å². The average Bonchev–Trinajstić information content (AvgIpc) is 3.28. The van der Waals surface area contributed by atoms with Crippen LogP contribution < -0.4 is 16.0 Å². The number of thioether (sulfide) groups is 1. The van der Waals surface area contributed by atoms with E-state index in [-0.39, 0.29) is 18.9 Å². The fourth-order valence-corrected chi connectivity index (χ4v) is 5.14. The monoisotopic (exact) mass is 613 g/mol. The van der Waals surface area contributed by atoms with Crippen LogP contribution in [0, 0.1) is 0 Å². The maximum atomic E-state index is 13.3. The molecule has 0 heterocycles. The first-order valence-electron chi connectivity index (χ1n) is 13.9. The molecule has 0 radical (unpaired) electrons. The molecule has 3 amide bonds. The number of amides is 3. The number of hydrogen-bond donors (Lipinski definition) is 3. The second kappa shape index (κ2) is 15.4. The van der Waals surface area contributed by atoms with E-state index in [2.05, 4.69) is 20.7 Å². The van der Waals surface area contributed by atoms with Gasteiger partial charge >= 0.3 is 18.0 Å². The molecule has 0 aromatic heterocycles. The first-order chi connectivity index (χ1) is 20.4. The maximum Gasteiger partial charge on any atom is 0.407 e. The number of rotatable bonds is 13. The van der Waals surface area contributed by atoms with Crippen LogP contribution in [0.4, 0.5) is 4.79 Å². The van der Waals surface area contributed by atoms with Crippen molar-refractivity contribution in [3.05, 3.63) is 59.7 Å². The Kier molecular flexibility index (Phi) is 12.0. The topological polar surface area (TPSA) is 149 Å². The van der Waals surface area contributed by atoms with Gasteiger partial charge in [0.2, 0.25) is 11.8 Å². The van der Waals surface area contributed by atoms with Crippen LogP contribution in [0.1, 0.15) is 50.7 Å². The van der Waals surface area contributed by atoms with Gasteiger partial charge in [-0.1, -0.05) is 48.5 Å². The number of nitrogens with one attached hydrogen (secondary N) is 3. The molecule has 0 bridgehead atoms. The van der Waals surface area contributed by atoms with Crippen molar-refractivity contribution >= 4 is 41.6 Å². The molecule has 2 aromatic rings. The molecule has 0 saturated heterocycles. The van der Waals surface area contributed by atoms with Gasteiger partial charge in [0, 0.05) is 5.92 Å². The van der Waals surface area contributed by atoms with Crippen LogP contribution >= 0.6 is 11.8 Å². The minimum Gasteiger partial charge on any atom is -0.468 e. The van der Waals surface area contributed by atoms with Crippen LogP contribution in [-0.4, -0.2) is 79.8 Å². The Hall–Kier alpha value is -4.06. The van der Waals surface area contributed by atoms with E-state index in [1.807, 2.05) is 54.8 Å². The number of carbonyl (C=O) groups excluding carboxylic acids is 5. The summed E-state index contributed by atoms with van der Waals surface area (Å²) in [6, 6.07) is 13.5.